The lowest BCUT2D eigenvalue weighted by Crippen LogP contribution is -2.07. The van der Waals surface area contributed by atoms with Crippen LogP contribution in [0.4, 0.5) is 13.2 Å². The van der Waals surface area contributed by atoms with Crippen LogP contribution in [0, 0.1) is 0 Å². The number of ether oxygens (including phenoxy) is 1. The zero-order valence-corrected chi connectivity index (χ0v) is 15.6. The molecule has 3 heterocycles. The molecule has 10 heteroatoms. The second-order valence-electron chi connectivity index (χ2n) is 6.59. The van der Waals surface area contributed by atoms with Gasteiger partial charge in [0.25, 0.3) is 0 Å². The van der Waals surface area contributed by atoms with E-state index in [1.807, 2.05) is 13.8 Å². The molecule has 1 N–H and O–H groups in total. The first-order chi connectivity index (χ1) is 13.2. The van der Waals surface area contributed by atoms with Crippen LogP contribution in [0.25, 0.3) is 5.82 Å². The predicted molar refractivity (Wildman–Crippen MR) is 93.9 cm³/mol. The average Bonchev–Trinajstić information content (AvgIpc) is 3.22. The molecule has 0 radical (unpaired) electrons. The molecular formula is C18H20F3N5O2. The van der Waals surface area contributed by atoms with E-state index in [-0.39, 0.29) is 24.9 Å². The van der Waals surface area contributed by atoms with E-state index in [1.54, 1.807) is 19.3 Å². The highest BCUT2D eigenvalue weighted by molar-refractivity contribution is 5.30. The summed E-state index contributed by atoms with van der Waals surface area (Å²) < 4.78 is 46.8. The van der Waals surface area contributed by atoms with Crippen molar-refractivity contribution in [2.75, 3.05) is 0 Å². The number of aryl methyl sites for hydroxylation is 1. The van der Waals surface area contributed by atoms with Crippen LogP contribution in [0.1, 0.15) is 42.3 Å². The van der Waals surface area contributed by atoms with Crippen molar-refractivity contribution in [3.63, 3.8) is 0 Å². The second-order valence-corrected chi connectivity index (χ2v) is 6.59. The van der Waals surface area contributed by atoms with Gasteiger partial charge in [0.1, 0.15) is 6.61 Å². The molecule has 0 spiro atoms. The fourth-order valence-corrected chi connectivity index (χ4v) is 2.67. The summed E-state index contributed by atoms with van der Waals surface area (Å²) >= 11 is 0. The summed E-state index contributed by atoms with van der Waals surface area (Å²) in [5, 5.41) is 17.8. The maximum Gasteiger partial charge on any atom is 0.417 e. The highest BCUT2D eigenvalue weighted by atomic mass is 19.4. The molecule has 7 nitrogen and oxygen atoms in total. The summed E-state index contributed by atoms with van der Waals surface area (Å²) in [4.78, 5) is 3.87. The van der Waals surface area contributed by atoms with Gasteiger partial charge < -0.3 is 9.84 Å². The Balaban J connectivity index is 1.83. The number of aliphatic hydroxyl groups is 1. The van der Waals surface area contributed by atoms with Crippen molar-refractivity contribution in [1.29, 1.82) is 0 Å². The van der Waals surface area contributed by atoms with E-state index in [1.165, 1.54) is 15.4 Å². The summed E-state index contributed by atoms with van der Waals surface area (Å²) in [6, 6.07) is 3.88. The lowest BCUT2D eigenvalue weighted by molar-refractivity contribution is -0.137. The zero-order valence-electron chi connectivity index (χ0n) is 15.6. The van der Waals surface area contributed by atoms with Gasteiger partial charge in [-0.05, 0) is 18.1 Å². The van der Waals surface area contributed by atoms with E-state index in [0.29, 0.717) is 11.6 Å². The largest absolute Gasteiger partial charge is 0.472 e. The molecule has 150 valence electrons. The van der Waals surface area contributed by atoms with Gasteiger partial charge in [0, 0.05) is 31.1 Å². The van der Waals surface area contributed by atoms with Gasteiger partial charge in [-0.15, -0.1) is 5.10 Å². The van der Waals surface area contributed by atoms with Crippen molar-refractivity contribution in [3.05, 3.63) is 53.1 Å². The normalized spacial score (nSPS) is 12.0. The average molecular weight is 395 g/mol. The van der Waals surface area contributed by atoms with E-state index in [2.05, 4.69) is 15.2 Å². The molecule has 3 aromatic rings. The number of aromatic nitrogens is 5. The minimum Gasteiger partial charge on any atom is -0.472 e. The Hall–Kier alpha value is -2.88. The highest BCUT2D eigenvalue weighted by Gasteiger charge is 2.30. The fraction of sp³-hybridized carbons (Fsp3) is 0.389. The number of hydrogen-bond acceptors (Lipinski definition) is 5. The first-order valence-electron chi connectivity index (χ1n) is 8.57. The minimum atomic E-state index is -4.44. The molecule has 0 aromatic carbocycles. The van der Waals surface area contributed by atoms with Crippen molar-refractivity contribution in [2.45, 2.75) is 39.2 Å². The molecule has 28 heavy (non-hydrogen) atoms. The molecule has 0 aliphatic carbocycles. The van der Waals surface area contributed by atoms with Crippen molar-refractivity contribution in [2.24, 2.45) is 7.05 Å². The van der Waals surface area contributed by atoms with Crippen LogP contribution in [-0.2, 0) is 26.4 Å². The molecule has 0 amide bonds. The van der Waals surface area contributed by atoms with Crippen LogP contribution in [0.3, 0.4) is 0 Å². The van der Waals surface area contributed by atoms with Gasteiger partial charge in [0.05, 0.1) is 23.6 Å². The molecule has 0 fully saturated rings. The summed E-state index contributed by atoms with van der Waals surface area (Å²) in [6.07, 6.45) is -1.97. The van der Waals surface area contributed by atoms with E-state index in [9.17, 15) is 18.3 Å². The van der Waals surface area contributed by atoms with E-state index in [4.69, 9.17) is 4.74 Å². The van der Waals surface area contributed by atoms with Crippen molar-refractivity contribution in [3.8, 4) is 11.7 Å². The Morgan fingerprint density at radius 2 is 1.96 bits per heavy atom. The third kappa shape index (κ3) is 4.16. The van der Waals surface area contributed by atoms with Crippen molar-refractivity contribution >= 4 is 0 Å². The minimum absolute atomic E-state index is 0.0750. The van der Waals surface area contributed by atoms with Crippen LogP contribution in [0.15, 0.2) is 30.6 Å². The number of halogens is 3. The second kappa shape index (κ2) is 7.63. The molecule has 0 saturated carbocycles. The lowest BCUT2D eigenvalue weighted by Gasteiger charge is -2.06. The quantitative estimate of drug-likeness (QED) is 0.694. The molecule has 0 aliphatic heterocycles. The van der Waals surface area contributed by atoms with Gasteiger partial charge in [-0.3, -0.25) is 4.68 Å². The Labute approximate surface area is 159 Å². The standard InChI is InChI=1S/C18H20F3N5O2/c1-11(2)17-12(10-28-16-6-14(9-27)25(3)23-16)8-26(24-17)15-5-4-13(7-22-15)18(19,20)21/h4-8,11,27H,9-10H2,1-3H3. The Bertz CT molecular complexity index is 945. The molecule has 0 aliphatic rings. The van der Waals surface area contributed by atoms with E-state index < -0.39 is 11.7 Å². The van der Waals surface area contributed by atoms with Crippen LogP contribution >= 0.6 is 0 Å². The number of rotatable bonds is 6. The van der Waals surface area contributed by atoms with Crippen LogP contribution < -0.4 is 4.74 Å². The molecule has 0 unspecified atom stereocenters. The van der Waals surface area contributed by atoms with Gasteiger partial charge in [-0.2, -0.15) is 18.3 Å². The Morgan fingerprint density at radius 1 is 1.21 bits per heavy atom. The number of nitrogens with zero attached hydrogens (tertiary/aromatic N) is 5. The molecule has 0 saturated heterocycles. The maximum atomic E-state index is 12.7. The Morgan fingerprint density at radius 3 is 2.50 bits per heavy atom. The van der Waals surface area contributed by atoms with Gasteiger partial charge in [-0.1, -0.05) is 13.8 Å². The summed E-state index contributed by atoms with van der Waals surface area (Å²) in [5.74, 6) is 0.717. The molecule has 3 aromatic heterocycles. The number of hydrogen-bond donors (Lipinski definition) is 1. The van der Waals surface area contributed by atoms with Crippen molar-refractivity contribution in [1.82, 2.24) is 24.5 Å². The molecule has 0 atom stereocenters. The molecular weight excluding hydrogens is 375 g/mol. The Kier molecular flexibility index (Phi) is 5.41. The molecule has 3 rings (SSSR count). The zero-order chi connectivity index (χ0) is 20.5. The van der Waals surface area contributed by atoms with E-state index >= 15 is 0 Å². The third-order valence-electron chi connectivity index (χ3n) is 4.17. The maximum absolute atomic E-state index is 12.7. The topological polar surface area (TPSA) is 78.0 Å². The molecule has 0 bridgehead atoms. The lowest BCUT2D eigenvalue weighted by atomic mass is 10.1. The van der Waals surface area contributed by atoms with Crippen LogP contribution in [0.2, 0.25) is 0 Å². The smallest absolute Gasteiger partial charge is 0.417 e. The number of alkyl halides is 3. The SMILES string of the molecule is CC(C)c1nn(-c2ccc(C(F)(F)F)cn2)cc1COc1cc(CO)n(C)n1. The van der Waals surface area contributed by atoms with Gasteiger partial charge >= 0.3 is 6.18 Å². The monoisotopic (exact) mass is 395 g/mol. The van der Waals surface area contributed by atoms with Gasteiger partial charge in [-0.25, -0.2) is 9.67 Å². The van der Waals surface area contributed by atoms with Crippen LogP contribution in [-0.4, -0.2) is 29.7 Å². The van der Waals surface area contributed by atoms with E-state index in [0.717, 1.165) is 23.5 Å². The predicted octanol–water partition coefficient (Wildman–Crippen LogP) is 3.21. The first kappa shape index (κ1) is 19.9. The summed E-state index contributed by atoms with van der Waals surface area (Å²) in [5.41, 5.74) is 1.32. The first-order valence-corrected chi connectivity index (χ1v) is 8.57. The number of aliphatic hydroxyl groups excluding tert-OH is 1. The fourth-order valence-electron chi connectivity index (χ4n) is 2.67. The van der Waals surface area contributed by atoms with Crippen molar-refractivity contribution < 1.29 is 23.0 Å². The van der Waals surface area contributed by atoms with Gasteiger partial charge in [0.15, 0.2) is 5.82 Å². The summed E-state index contributed by atoms with van der Waals surface area (Å²) in [6.45, 7) is 3.94. The number of pyridine rings is 1. The summed E-state index contributed by atoms with van der Waals surface area (Å²) in [7, 11) is 1.70. The highest BCUT2D eigenvalue weighted by Crippen LogP contribution is 2.29. The van der Waals surface area contributed by atoms with Gasteiger partial charge in [0.2, 0.25) is 5.88 Å². The third-order valence-corrected chi connectivity index (χ3v) is 4.17. The van der Waals surface area contributed by atoms with Crippen LogP contribution in [0.5, 0.6) is 5.88 Å².